The quantitative estimate of drug-likeness (QED) is 0.805. The van der Waals surface area contributed by atoms with E-state index in [1.54, 1.807) is 23.1 Å². The molecule has 3 rings (SSSR count). The fourth-order valence-electron chi connectivity index (χ4n) is 2.16. The van der Waals surface area contributed by atoms with Gasteiger partial charge in [0.2, 0.25) is 0 Å². The summed E-state index contributed by atoms with van der Waals surface area (Å²) in [6.45, 7) is 1.49. The maximum absolute atomic E-state index is 11.9. The van der Waals surface area contributed by atoms with Crippen molar-refractivity contribution in [1.82, 2.24) is 4.90 Å². The third-order valence-electron chi connectivity index (χ3n) is 3.12. The predicted molar refractivity (Wildman–Crippen MR) is 71.8 cm³/mol. The van der Waals surface area contributed by atoms with E-state index in [4.69, 9.17) is 9.15 Å². The van der Waals surface area contributed by atoms with Crippen LogP contribution in [0.2, 0.25) is 0 Å². The third-order valence-corrected chi connectivity index (χ3v) is 3.93. The molecule has 1 aromatic heterocycles. The van der Waals surface area contributed by atoms with Crippen LogP contribution in [0.1, 0.15) is 19.3 Å². The normalized spacial score (nSPS) is 15.7. The Labute approximate surface area is 113 Å². The Morgan fingerprint density at radius 3 is 2.84 bits per heavy atom. The molecule has 0 aliphatic carbocycles. The molecule has 2 heterocycles. The second-order valence-corrected chi connectivity index (χ2v) is 5.46. The molecule has 6 heteroatoms. The summed E-state index contributed by atoms with van der Waals surface area (Å²) in [5.41, 5.74) is 0.457. The molecule has 1 fully saturated rings. The number of fused-ring (bicyclic) bond motifs is 1. The monoisotopic (exact) mass is 279 g/mol. The minimum Gasteiger partial charge on any atom is -0.414 e. The first kappa shape index (κ1) is 12.2. The Hall–Kier alpha value is -1.82. The lowest BCUT2D eigenvalue weighted by Gasteiger charge is -2.25. The smallest absolute Gasteiger partial charge is 0.414 e. The molecule has 1 aromatic carbocycles. The molecule has 100 valence electrons. The summed E-state index contributed by atoms with van der Waals surface area (Å²) >= 11 is 1.03. The lowest BCUT2D eigenvalue weighted by molar-refractivity contribution is 0.142. The second kappa shape index (κ2) is 5.05. The van der Waals surface area contributed by atoms with Crippen molar-refractivity contribution in [1.29, 1.82) is 0 Å². The number of amides is 1. The average molecular weight is 279 g/mol. The van der Waals surface area contributed by atoms with E-state index < -0.39 is 0 Å². The van der Waals surface area contributed by atoms with Gasteiger partial charge in [0.15, 0.2) is 5.58 Å². The lowest BCUT2D eigenvalue weighted by atomic mass is 10.1. The highest BCUT2D eigenvalue weighted by atomic mass is 32.1. The van der Waals surface area contributed by atoms with Crippen LogP contribution in [0.3, 0.4) is 0 Å². The number of piperidine rings is 1. The highest BCUT2D eigenvalue weighted by Gasteiger charge is 2.18. The molecule has 0 unspecified atom stereocenters. The number of benzene rings is 1. The van der Waals surface area contributed by atoms with E-state index in [0.29, 0.717) is 11.3 Å². The van der Waals surface area contributed by atoms with Crippen molar-refractivity contribution in [3.05, 3.63) is 27.9 Å². The van der Waals surface area contributed by atoms with Gasteiger partial charge in [-0.1, -0.05) is 11.3 Å². The summed E-state index contributed by atoms with van der Waals surface area (Å²) < 4.78 is 11.0. The van der Waals surface area contributed by atoms with Gasteiger partial charge in [-0.05, 0) is 31.4 Å². The van der Waals surface area contributed by atoms with Gasteiger partial charge in [-0.15, -0.1) is 0 Å². The molecular formula is C13H13NO4S. The van der Waals surface area contributed by atoms with E-state index in [1.165, 1.54) is 0 Å². The molecular weight excluding hydrogens is 266 g/mol. The van der Waals surface area contributed by atoms with Crippen molar-refractivity contribution < 1.29 is 13.9 Å². The van der Waals surface area contributed by atoms with Gasteiger partial charge in [0, 0.05) is 19.2 Å². The van der Waals surface area contributed by atoms with Crippen LogP contribution in [0.15, 0.2) is 27.4 Å². The van der Waals surface area contributed by atoms with Gasteiger partial charge < -0.3 is 14.1 Å². The number of likely N-dealkylation sites (tertiary alicyclic amines) is 1. The molecule has 0 atom stereocenters. The number of rotatable bonds is 1. The van der Waals surface area contributed by atoms with Crippen molar-refractivity contribution in [3.8, 4) is 5.75 Å². The molecule has 1 amide bonds. The van der Waals surface area contributed by atoms with E-state index in [0.717, 1.165) is 48.4 Å². The minimum absolute atomic E-state index is 0.336. The first-order chi connectivity index (χ1) is 9.22. The summed E-state index contributed by atoms with van der Waals surface area (Å²) in [6, 6.07) is 4.98. The van der Waals surface area contributed by atoms with Crippen LogP contribution in [0, 0.1) is 0 Å². The second-order valence-electron chi connectivity index (χ2n) is 4.48. The number of carbonyl (C=O) groups is 1. The standard InChI is InChI=1S/C13H13NO4S/c15-12(14-6-2-1-3-7-14)17-9-4-5-11-10(8-9)18-13(16)19-11/h4-5,8H,1-3,6-7H2. The lowest BCUT2D eigenvalue weighted by Crippen LogP contribution is -2.37. The van der Waals surface area contributed by atoms with Crippen molar-refractivity contribution >= 4 is 27.7 Å². The molecule has 1 aliphatic rings. The van der Waals surface area contributed by atoms with Crippen LogP contribution in [0.5, 0.6) is 5.75 Å². The van der Waals surface area contributed by atoms with Gasteiger partial charge in [-0.25, -0.2) is 9.59 Å². The van der Waals surface area contributed by atoms with Gasteiger partial charge in [0.1, 0.15) is 5.75 Å². The molecule has 0 saturated carbocycles. The highest BCUT2D eigenvalue weighted by molar-refractivity contribution is 7.16. The Bertz CT molecular complexity index is 654. The molecule has 1 saturated heterocycles. The average Bonchev–Trinajstić information content (AvgIpc) is 2.79. The van der Waals surface area contributed by atoms with Crippen molar-refractivity contribution in [2.24, 2.45) is 0 Å². The topological polar surface area (TPSA) is 59.8 Å². The van der Waals surface area contributed by atoms with E-state index >= 15 is 0 Å². The van der Waals surface area contributed by atoms with Crippen LogP contribution in [-0.2, 0) is 0 Å². The number of ether oxygens (including phenoxy) is 1. The summed E-state index contributed by atoms with van der Waals surface area (Å²) in [7, 11) is 0. The highest BCUT2D eigenvalue weighted by Crippen LogP contribution is 2.23. The molecule has 0 spiro atoms. The largest absolute Gasteiger partial charge is 0.415 e. The Morgan fingerprint density at radius 1 is 1.26 bits per heavy atom. The zero-order valence-corrected chi connectivity index (χ0v) is 11.1. The Balaban J connectivity index is 1.76. The predicted octanol–water partition coefficient (Wildman–Crippen LogP) is 2.84. The van der Waals surface area contributed by atoms with Crippen LogP contribution in [-0.4, -0.2) is 24.1 Å². The molecule has 19 heavy (non-hydrogen) atoms. The fourth-order valence-corrected chi connectivity index (χ4v) is 2.81. The molecule has 1 aliphatic heterocycles. The van der Waals surface area contributed by atoms with Gasteiger partial charge in [-0.3, -0.25) is 0 Å². The molecule has 0 N–H and O–H groups in total. The van der Waals surface area contributed by atoms with Crippen molar-refractivity contribution in [3.63, 3.8) is 0 Å². The van der Waals surface area contributed by atoms with Gasteiger partial charge in [0.05, 0.1) is 4.70 Å². The molecule has 0 bridgehead atoms. The van der Waals surface area contributed by atoms with Crippen LogP contribution >= 0.6 is 11.3 Å². The number of carbonyl (C=O) groups excluding carboxylic acids is 1. The van der Waals surface area contributed by atoms with Gasteiger partial charge in [-0.2, -0.15) is 0 Å². The summed E-state index contributed by atoms with van der Waals surface area (Å²) in [6.07, 6.45) is 2.87. The van der Waals surface area contributed by atoms with Crippen LogP contribution in [0.25, 0.3) is 10.3 Å². The molecule has 5 nitrogen and oxygen atoms in total. The van der Waals surface area contributed by atoms with E-state index in [9.17, 15) is 9.59 Å². The minimum atomic E-state index is -0.352. The summed E-state index contributed by atoms with van der Waals surface area (Å²) in [5.74, 6) is 0.407. The van der Waals surface area contributed by atoms with E-state index in [2.05, 4.69) is 0 Å². The van der Waals surface area contributed by atoms with Crippen LogP contribution < -0.4 is 9.68 Å². The number of nitrogens with zero attached hydrogens (tertiary/aromatic N) is 1. The van der Waals surface area contributed by atoms with Crippen molar-refractivity contribution in [2.75, 3.05) is 13.1 Å². The zero-order chi connectivity index (χ0) is 13.2. The van der Waals surface area contributed by atoms with Gasteiger partial charge in [0.25, 0.3) is 0 Å². The SMILES string of the molecule is O=C(Oc1ccc2sc(=O)oc2c1)N1CCCCC1. The molecule has 2 aromatic rings. The number of hydrogen-bond donors (Lipinski definition) is 0. The summed E-state index contributed by atoms with van der Waals surface area (Å²) in [4.78, 5) is 24.4. The zero-order valence-electron chi connectivity index (χ0n) is 10.3. The van der Waals surface area contributed by atoms with Crippen LogP contribution in [0.4, 0.5) is 4.79 Å². The maximum Gasteiger partial charge on any atom is 0.415 e. The summed E-state index contributed by atoms with van der Waals surface area (Å²) in [5, 5.41) is 0. The fraction of sp³-hybridized carbons (Fsp3) is 0.385. The van der Waals surface area contributed by atoms with Gasteiger partial charge >= 0.3 is 11.0 Å². The third kappa shape index (κ3) is 2.63. The van der Waals surface area contributed by atoms with E-state index in [-0.39, 0.29) is 11.0 Å². The van der Waals surface area contributed by atoms with Crippen molar-refractivity contribution in [2.45, 2.75) is 19.3 Å². The molecule has 0 radical (unpaired) electrons. The maximum atomic E-state index is 11.9. The first-order valence-electron chi connectivity index (χ1n) is 6.23. The Morgan fingerprint density at radius 2 is 2.05 bits per heavy atom. The first-order valence-corrected chi connectivity index (χ1v) is 7.04. The number of hydrogen-bond acceptors (Lipinski definition) is 5. The van der Waals surface area contributed by atoms with E-state index in [1.807, 2.05) is 0 Å². The Kier molecular flexibility index (Phi) is 3.25.